The predicted molar refractivity (Wildman–Crippen MR) is 170 cm³/mol. The van der Waals surface area contributed by atoms with Gasteiger partial charge in [0.2, 0.25) is 0 Å². The fourth-order valence-corrected chi connectivity index (χ4v) is 8.95. The van der Waals surface area contributed by atoms with Crippen LogP contribution < -0.4 is 0 Å². The van der Waals surface area contributed by atoms with E-state index in [-0.39, 0.29) is 12.3 Å². The summed E-state index contributed by atoms with van der Waals surface area (Å²) in [6, 6.07) is 4.44. The molecule has 0 aliphatic carbocycles. The maximum atomic E-state index is 13.7. The van der Waals surface area contributed by atoms with E-state index in [0.29, 0.717) is 38.3 Å². The fraction of sp³-hybridized carbons (Fsp3) is 0.812. The van der Waals surface area contributed by atoms with Gasteiger partial charge in [-0.05, 0) is 74.6 Å². The van der Waals surface area contributed by atoms with Crippen molar-refractivity contribution >= 4 is 15.2 Å². The van der Waals surface area contributed by atoms with E-state index in [1.165, 1.54) is 25.7 Å². The lowest BCUT2D eigenvalue weighted by atomic mass is 9.85. The number of hydrogen-bond acceptors (Lipinski definition) is 6. The summed E-state index contributed by atoms with van der Waals surface area (Å²) in [7, 11) is -6.60. The Hall–Kier alpha value is -0.480. The van der Waals surface area contributed by atoms with Crippen molar-refractivity contribution in [1.29, 1.82) is 0 Å². The van der Waals surface area contributed by atoms with Crippen LogP contribution in [0.1, 0.15) is 129 Å². The van der Waals surface area contributed by atoms with Gasteiger partial charge in [-0.1, -0.05) is 91.2 Å². The highest BCUT2D eigenvalue weighted by atomic mass is 31.2. The highest BCUT2D eigenvalue weighted by molar-refractivity contribution is 7.53. The van der Waals surface area contributed by atoms with Gasteiger partial charge in [0.25, 0.3) is 0 Å². The lowest BCUT2D eigenvalue weighted by molar-refractivity contribution is 0.217. The first kappa shape index (κ1) is 37.5. The first-order valence-electron chi connectivity index (χ1n) is 16.1. The van der Waals surface area contributed by atoms with Crippen LogP contribution in [0.4, 0.5) is 0 Å². The fourth-order valence-electron chi connectivity index (χ4n) is 5.44. The summed E-state index contributed by atoms with van der Waals surface area (Å²) < 4.78 is 50.5. The molecule has 0 aliphatic heterocycles. The maximum absolute atomic E-state index is 13.7. The van der Waals surface area contributed by atoms with Crippen molar-refractivity contribution in [3.8, 4) is 0 Å². The minimum atomic E-state index is -3.30. The van der Waals surface area contributed by atoms with Crippen LogP contribution in [0, 0.1) is 11.8 Å². The highest BCUT2D eigenvalue weighted by Gasteiger charge is 2.30. The van der Waals surface area contributed by atoms with Crippen molar-refractivity contribution < 1.29 is 27.2 Å². The summed E-state index contributed by atoms with van der Waals surface area (Å²) in [4.78, 5) is 0. The molecule has 0 saturated heterocycles. The average molecular weight is 603 g/mol. The predicted octanol–water partition coefficient (Wildman–Crippen LogP) is 10.7. The second-order valence-electron chi connectivity index (χ2n) is 10.8. The van der Waals surface area contributed by atoms with Gasteiger partial charge < -0.3 is 18.1 Å². The van der Waals surface area contributed by atoms with Gasteiger partial charge in [-0.2, -0.15) is 0 Å². The first-order valence-corrected chi connectivity index (χ1v) is 19.5. The molecule has 2 atom stereocenters. The molecule has 0 bridgehead atoms. The molecule has 1 aromatic rings. The van der Waals surface area contributed by atoms with Crippen LogP contribution in [0.2, 0.25) is 0 Å². The molecular formula is C32H60O6P2. The van der Waals surface area contributed by atoms with Gasteiger partial charge in [-0.15, -0.1) is 0 Å². The minimum Gasteiger partial charge on any atom is -0.309 e. The molecule has 2 unspecified atom stereocenters. The Morgan fingerprint density at radius 1 is 0.550 bits per heavy atom. The zero-order valence-electron chi connectivity index (χ0n) is 27.0. The Kier molecular flexibility index (Phi) is 19.2. The molecule has 0 N–H and O–H groups in total. The average Bonchev–Trinajstić information content (AvgIpc) is 2.91. The van der Waals surface area contributed by atoms with Crippen molar-refractivity contribution in [2.24, 2.45) is 11.8 Å². The van der Waals surface area contributed by atoms with Crippen molar-refractivity contribution in [3.63, 3.8) is 0 Å². The number of hydrogen-bond donors (Lipinski definition) is 0. The summed E-state index contributed by atoms with van der Waals surface area (Å²) >= 11 is 0. The Labute approximate surface area is 246 Å². The quantitative estimate of drug-likeness (QED) is 0.110. The molecule has 1 aromatic carbocycles. The summed E-state index contributed by atoms with van der Waals surface area (Å²) in [6.07, 6.45) is 11.5. The van der Waals surface area contributed by atoms with Crippen molar-refractivity contribution in [2.45, 2.75) is 132 Å². The van der Waals surface area contributed by atoms with Gasteiger partial charge in [0.1, 0.15) is 0 Å². The van der Waals surface area contributed by atoms with E-state index in [2.05, 4.69) is 39.8 Å². The third kappa shape index (κ3) is 13.2. The maximum Gasteiger partial charge on any atom is 0.335 e. The molecule has 0 saturated carbocycles. The molecule has 0 aromatic heterocycles. The van der Waals surface area contributed by atoms with E-state index in [1.54, 1.807) is 0 Å². The molecule has 0 radical (unpaired) electrons. The Morgan fingerprint density at radius 2 is 0.875 bits per heavy atom. The van der Waals surface area contributed by atoms with Crippen molar-refractivity contribution in [3.05, 3.63) is 34.4 Å². The molecular weight excluding hydrogens is 542 g/mol. The minimum absolute atomic E-state index is 0.252. The van der Waals surface area contributed by atoms with E-state index >= 15 is 0 Å². The highest BCUT2D eigenvalue weighted by Crippen LogP contribution is 2.54. The van der Waals surface area contributed by atoms with Gasteiger partial charge >= 0.3 is 15.2 Å². The standard InChI is InChI=1S/C32H60O6P2/c1-9-17-19-27(11-3)21-29-23-32(26-40(34,37-15-7)38-16-8)30(22-28(12-4)20-18-10-2)24-31(29)25-39(33,35-13-5)36-14-6/h23-24,27-28H,9-22,25-26H2,1-8H3. The summed E-state index contributed by atoms with van der Waals surface area (Å²) in [6.45, 7) is 17.7. The number of rotatable bonds is 24. The zero-order valence-corrected chi connectivity index (χ0v) is 28.8. The SMILES string of the molecule is CCCCC(CC)Cc1cc(CP(=O)(OCC)OCC)c(CC(CC)CCCC)cc1CP(=O)(OCC)OCC. The van der Waals surface area contributed by atoms with Gasteiger partial charge in [-0.25, -0.2) is 0 Å². The molecule has 8 heteroatoms. The molecule has 0 aliphatic rings. The summed E-state index contributed by atoms with van der Waals surface area (Å²) in [5, 5.41) is 0. The molecule has 0 heterocycles. The molecule has 6 nitrogen and oxygen atoms in total. The smallest absolute Gasteiger partial charge is 0.309 e. The van der Waals surface area contributed by atoms with Crippen LogP contribution >= 0.6 is 15.2 Å². The normalized spacial score (nSPS) is 14.0. The van der Waals surface area contributed by atoms with Crippen molar-refractivity contribution in [1.82, 2.24) is 0 Å². The van der Waals surface area contributed by atoms with E-state index in [0.717, 1.165) is 60.8 Å². The van der Waals surface area contributed by atoms with Crippen LogP contribution in [0.15, 0.2) is 12.1 Å². The third-order valence-electron chi connectivity index (χ3n) is 7.66. The lowest BCUT2D eigenvalue weighted by Crippen LogP contribution is -2.12. The largest absolute Gasteiger partial charge is 0.335 e. The van der Waals surface area contributed by atoms with E-state index in [9.17, 15) is 9.13 Å². The second-order valence-corrected chi connectivity index (χ2v) is 14.9. The van der Waals surface area contributed by atoms with Crippen LogP contribution in [-0.2, 0) is 52.4 Å². The zero-order chi connectivity index (χ0) is 30.0. The topological polar surface area (TPSA) is 71.1 Å². The Bertz CT molecular complexity index is 825. The second kappa shape index (κ2) is 20.4. The monoisotopic (exact) mass is 602 g/mol. The van der Waals surface area contributed by atoms with Crippen LogP contribution in [-0.4, -0.2) is 26.4 Å². The van der Waals surface area contributed by atoms with Gasteiger partial charge in [0.05, 0.1) is 38.8 Å². The third-order valence-corrected chi connectivity index (χ3v) is 11.7. The van der Waals surface area contributed by atoms with E-state index in [1.807, 2.05) is 27.7 Å². The lowest BCUT2D eigenvalue weighted by Gasteiger charge is -2.26. The van der Waals surface area contributed by atoms with E-state index in [4.69, 9.17) is 18.1 Å². The molecule has 0 spiro atoms. The molecule has 40 heavy (non-hydrogen) atoms. The van der Waals surface area contributed by atoms with Gasteiger partial charge in [0, 0.05) is 0 Å². The van der Waals surface area contributed by atoms with Gasteiger partial charge in [-0.3, -0.25) is 9.13 Å². The number of unbranched alkanes of at least 4 members (excludes halogenated alkanes) is 2. The summed E-state index contributed by atoms with van der Waals surface area (Å²) in [5.74, 6) is 1.05. The van der Waals surface area contributed by atoms with Crippen LogP contribution in [0.5, 0.6) is 0 Å². The van der Waals surface area contributed by atoms with Crippen LogP contribution in [0.25, 0.3) is 0 Å². The molecule has 0 amide bonds. The Morgan fingerprint density at radius 3 is 1.12 bits per heavy atom. The van der Waals surface area contributed by atoms with Gasteiger partial charge in [0.15, 0.2) is 0 Å². The summed E-state index contributed by atoms with van der Waals surface area (Å²) in [5.41, 5.74) is 4.38. The molecule has 0 fully saturated rings. The van der Waals surface area contributed by atoms with Crippen LogP contribution in [0.3, 0.4) is 0 Å². The van der Waals surface area contributed by atoms with E-state index < -0.39 is 15.2 Å². The number of benzene rings is 1. The first-order chi connectivity index (χ1) is 19.2. The molecule has 234 valence electrons. The molecule has 1 rings (SSSR count). The van der Waals surface area contributed by atoms with Crippen molar-refractivity contribution in [2.75, 3.05) is 26.4 Å². The Balaban J connectivity index is 3.76.